The molecule has 0 saturated heterocycles. The molecule has 14 heavy (non-hydrogen) atoms. The Morgan fingerprint density at radius 2 is 1.93 bits per heavy atom. The van der Waals surface area contributed by atoms with E-state index in [1.807, 2.05) is 6.07 Å². The van der Waals surface area contributed by atoms with Crippen LogP contribution in [0.5, 0.6) is 0 Å². The van der Waals surface area contributed by atoms with Gasteiger partial charge in [0.1, 0.15) is 0 Å². The second-order valence-electron chi connectivity index (χ2n) is 4.01. The molecule has 0 aliphatic heterocycles. The van der Waals surface area contributed by atoms with Gasteiger partial charge in [0.25, 0.3) is 0 Å². The third kappa shape index (κ3) is 1.65. The van der Waals surface area contributed by atoms with E-state index in [4.69, 9.17) is 11.1 Å². The number of amidine groups is 1. The maximum Gasteiger partial charge on any atom is 0.0943 e. The minimum atomic E-state index is 0.275. The van der Waals surface area contributed by atoms with Crippen LogP contribution in [0, 0.1) is 11.3 Å². The zero-order chi connectivity index (χ0) is 9.97. The molecule has 0 heterocycles. The number of rotatable bonds is 2. The summed E-state index contributed by atoms with van der Waals surface area (Å²) in [5.74, 6) is 1.11. The Morgan fingerprint density at radius 1 is 1.21 bits per heavy atom. The van der Waals surface area contributed by atoms with Crippen molar-refractivity contribution in [3.8, 4) is 0 Å². The van der Waals surface area contributed by atoms with Crippen molar-refractivity contribution in [2.24, 2.45) is 11.7 Å². The first-order valence-electron chi connectivity index (χ1n) is 5.18. The summed E-state index contributed by atoms with van der Waals surface area (Å²) in [4.78, 5) is 0. The fourth-order valence-corrected chi connectivity index (χ4v) is 2.43. The van der Waals surface area contributed by atoms with Crippen LogP contribution >= 0.6 is 0 Å². The fourth-order valence-electron chi connectivity index (χ4n) is 2.43. The highest BCUT2D eigenvalue weighted by atomic mass is 14.7. The Morgan fingerprint density at radius 3 is 2.57 bits per heavy atom. The first-order chi connectivity index (χ1) is 6.79. The third-order valence-corrected chi connectivity index (χ3v) is 3.14. The fraction of sp³-hybridized carbons (Fsp3) is 0.417. The number of hydrogen-bond donors (Lipinski definition) is 2. The van der Waals surface area contributed by atoms with E-state index in [2.05, 4.69) is 24.3 Å². The van der Waals surface area contributed by atoms with E-state index < -0.39 is 0 Å². The summed E-state index contributed by atoms with van der Waals surface area (Å²) < 4.78 is 0. The summed E-state index contributed by atoms with van der Waals surface area (Å²) in [6, 6.07) is 10.4. The van der Waals surface area contributed by atoms with Crippen LogP contribution in [-0.2, 0) is 0 Å². The molecule has 1 aliphatic carbocycles. The van der Waals surface area contributed by atoms with Gasteiger partial charge in [0, 0.05) is 5.92 Å². The first-order valence-corrected chi connectivity index (χ1v) is 5.18. The van der Waals surface area contributed by atoms with Crippen LogP contribution in [0.3, 0.4) is 0 Å². The lowest BCUT2D eigenvalue weighted by atomic mass is 9.88. The average molecular weight is 188 g/mol. The number of benzene rings is 1. The maximum absolute atomic E-state index is 7.55. The summed E-state index contributed by atoms with van der Waals surface area (Å²) in [5.41, 5.74) is 6.95. The molecule has 0 aromatic heterocycles. The monoisotopic (exact) mass is 188 g/mol. The van der Waals surface area contributed by atoms with Crippen LogP contribution in [0.15, 0.2) is 30.3 Å². The molecule has 0 spiro atoms. The molecule has 1 aliphatic rings. The van der Waals surface area contributed by atoms with Crippen molar-refractivity contribution < 1.29 is 0 Å². The predicted molar refractivity (Wildman–Crippen MR) is 58.4 cm³/mol. The first kappa shape index (κ1) is 9.25. The number of nitrogens with one attached hydrogen (secondary N) is 1. The molecule has 74 valence electrons. The molecule has 0 radical (unpaired) electrons. The van der Waals surface area contributed by atoms with Gasteiger partial charge in [-0.1, -0.05) is 36.8 Å². The molecule has 1 aromatic carbocycles. The average Bonchev–Trinajstić information content (AvgIpc) is 2.67. The lowest BCUT2D eigenvalue weighted by Crippen LogP contribution is -2.24. The van der Waals surface area contributed by atoms with Gasteiger partial charge < -0.3 is 5.73 Å². The summed E-state index contributed by atoms with van der Waals surface area (Å²) in [5, 5.41) is 7.55. The van der Waals surface area contributed by atoms with E-state index in [0.717, 1.165) is 6.42 Å². The zero-order valence-electron chi connectivity index (χ0n) is 8.24. The van der Waals surface area contributed by atoms with Crippen LogP contribution in [0.25, 0.3) is 0 Å². The molecule has 1 aromatic rings. The molecular formula is C12H16N2. The van der Waals surface area contributed by atoms with Crippen molar-refractivity contribution in [3.63, 3.8) is 0 Å². The minimum absolute atomic E-state index is 0.275. The summed E-state index contributed by atoms with van der Waals surface area (Å²) in [6.45, 7) is 0. The van der Waals surface area contributed by atoms with Crippen molar-refractivity contribution in [1.82, 2.24) is 0 Å². The third-order valence-electron chi connectivity index (χ3n) is 3.14. The number of hydrogen-bond acceptors (Lipinski definition) is 1. The Labute approximate surface area is 84.6 Å². The molecular weight excluding hydrogens is 172 g/mol. The topological polar surface area (TPSA) is 49.9 Å². The maximum atomic E-state index is 7.55. The van der Waals surface area contributed by atoms with Crippen molar-refractivity contribution in [2.45, 2.75) is 25.2 Å². The zero-order valence-corrected chi connectivity index (χ0v) is 8.24. The van der Waals surface area contributed by atoms with E-state index in [1.54, 1.807) is 0 Å². The summed E-state index contributed by atoms with van der Waals surface area (Å²) in [6.07, 6.45) is 3.45. The highest BCUT2D eigenvalue weighted by molar-refractivity contribution is 5.81. The number of nitrogens with two attached hydrogens (primary N) is 1. The van der Waals surface area contributed by atoms with Gasteiger partial charge in [-0.2, -0.15) is 0 Å². The Balaban J connectivity index is 2.22. The van der Waals surface area contributed by atoms with Gasteiger partial charge >= 0.3 is 0 Å². The molecule has 2 atom stereocenters. The normalized spacial score (nSPS) is 26.3. The van der Waals surface area contributed by atoms with Crippen LogP contribution in [0.2, 0.25) is 0 Å². The standard InChI is InChI=1S/C12H16N2/c13-12(14)11-8-4-7-10(11)9-5-2-1-3-6-9/h1-3,5-6,10-11H,4,7-8H2,(H3,13,14)/t10-,11?/m1/s1. The second-order valence-corrected chi connectivity index (χ2v) is 4.01. The van der Waals surface area contributed by atoms with Gasteiger partial charge in [-0.3, -0.25) is 5.41 Å². The Kier molecular flexibility index (Phi) is 2.53. The molecule has 2 heteroatoms. The molecule has 3 N–H and O–H groups in total. The van der Waals surface area contributed by atoms with Crippen molar-refractivity contribution >= 4 is 5.84 Å². The highest BCUT2D eigenvalue weighted by Gasteiger charge is 2.30. The van der Waals surface area contributed by atoms with Gasteiger partial charge in [0.05, 0.1) is 5.84 Å². The van der Waals surface area contributed by atoms with Crippen molar-refractivity contribution in [3.05, 3.63) is 35.9 Å². The van der Waals surface area contributed by atoms with Gasteiger partial charge in [-0.15, -0.1) is 0 Å². The smallest absolute Gasteiger partial charge is 0.0943 e. The van der Waals surface area contributed by atoms with Gasteiger partial charge in [0.15, 0.2) is 0 Å². The lowest BCUT2D eigenvalue weighted by molar-refractivity contribution is 0.616. The lowest BCUT2D eigenvalue weighted by Gasteiger charge is -2.18. The van der Waals surface area contributed by atoms with E-state index in [0.29, 0.717) is 11.8 Å². The molecule has 0 bridgehead atoms. The highest BCUT2D eigenvalue weighted by Crippen LogP contribution is 2.39. The predicted octanol–water partition coefficient (Wildman–Crippen LogP) is 2.51. The quantitative estimate of drug-likeness (QED) is 0.543. The molecule has 2 rings (SSSR count). The molecule has 1 fully saturated rings. The SMILES string of the molecule is N=C(N)C1CCC[C@@H]1c1ccccc1. The van der Waals surface area contributed by atoms with E-state index >= 15 is 0 Å². The molecule has 1 unspecified atom stereocenters. The van der Waals surface area contributed by atoms with E-state index in [-0.39, 0.29) is 5.92 Å². The molecule has 2 nitrogen and oxygen atoms in total. The Bertz CT molecular complexity index is 318. The molecule has 1 saturated carbocycles. The van der Waals surface area contributed by atoms with Crippen LogP contribution in [0.1, 0.15) is 30.7 Å². The van der Waals surface area contributed by atoms with E-state index in [9.17, 15) is 0 Å². The van der Waals surface area contributed by atoms with Gasteiger partial charge in [-0.25, -0.2) is 0 Å². The van der Waals surface area contributed by atoms with Crippen LogP contribution in [-0.4, -0.2) is 5.84 Å². The van der Waals surface area contributed by atoms with Crippen molar-refractivity contribution in [1.29, 1.82) is 5.41 Å². The van der Waals surface area contributed by atoms with Crippen molar-refractivity contribution in [2.75, 3.05) is 0 Å². The summed E-state index contributed by atoms with van der Waals surface area (Å²) in [7, 11) is 0. The van der Waals surface area contributed by atoms with Gasteiger partial charge in [-0.05, 0) is 24.3 Å². The summed E-state index contributed by atoms with van der Waals surface area (Å²) >= 11 is 0. The second kappa shape index (κ2) is 3.82. The van der Waals surface area contributed by atoms with Crippen LogP contribution in [0.4, 0.5) is 0 Å². The molecule has 0 amide bonds. The largest absolute Gasteiger partial charge is 0.387 e. The van der Waals surface area contributed by atoms with Gasteiger partial charge in [0.2, 0.25) is 0 Å². The minimum Gasteiger partial charge on any atom is -0.387 e. The Hall–Kier alpha value is -1.31. The van der Waals surface area contributed by atoms with E-state index in [1.165, 1.54) is 18.4 Å². The van der Waals surface area contributed by atoms with Crippen LogP contribution < -0.4 is 5.73 Å².